The first kappa shape index (κ1) is 12.4. The van der Waals surface area contributed by atoms with Crippen LogP contribution in [-0.4, -0.2) is 0 Å². The third kappa shape index (κ3) is 3.15. The Morgan fingerprint density at radius 2 is 1.21 bits per heavy atom. The molecule has 2 aromatic carbocycles. The van der Waals surface area contributed by atoms with Crippen LogP contribution in [0, 0.1) is 0 Å². The maximum atomic E-state index is 5.60. The standard InChI is InChI=1S/C12H11N.Cs.H/c13-12-8-6-11(7-9-12)10-4-2-1-3-5-10;;/h1-9H,13H2;;/q;+1;-1. The van der Waals surface area contributed by atoms with Gasteiger partial charge in [0.25, 0.3) is 0 Å². The quantitative estimate of drug-likeness (QED) is 0.741. The van der Waals surface area contributed by atoms with E-state index in [1.807, 2.05) is 42.5 Å². The second kappa shape index (κ2) is 6.00. The van der Waals surface area contributed by atoms with Crippen molar-refractivity contribution in [1.29, 1.82) is 0 Å². The molecule has 14 heavy (non-hydrogen) atoms. The monoisotopic (exact) mass is 303 g/mol. The van der Waals surface area contributed by atoms with Crippen LogP contribution in [0.4, 0.5) is 5.69 Å². The Hall–Kier alpha value is 0.292. The predicted octanol–water partition coefficient (Wildman–Crippen LogP) is 0.0523. The molecule has 0 aliphatic heterocycles. The van der Waals surface area contributed by atoms with E-state index in [9.17, 15) is 0 Å². The van der Waals surface area contributed by atoms with Crippen LogP contribution in [0.25, 0.3) is 11.1 Å². The Balaban J connectivity index is 0.000000980. The fraction of sp³-hybridized carbons (Fsp3) is 0. The molecule has 2 rings (SSSR count). The molecule has 0 aromatic heterocycles. The molecule has 66 valence electrons. The van der Waals surface area contributed by atoms with E-state index in [2.05, 4.69) is 12.1 Å². The summed E-state index contributed by atoms with van der Waals surface area (Å²) in [6, 6.07) is 18.2. The average Bonchev–Trinajstić information content (AvgIpc) is 2.20. The van der Waals surface area contributed by atoms with Crippen LogP contribution in [0.5, 0.6) is 0 Å². The summed E-state index contributed by atoms with van der Waals surface area (Å²) in [6.07, 6.45) is 0. The number of anilines is 1. The Morgan fingerprint density at radius 3 is 1.79 bits per heavy atom. The summed E-state index contributed by atoms with van der Waals surface area (Å²) >= 11 is 0. The number of hydrogen-bond acceptors (Lipinski definition) is 1. The van der Waals surface area contributed by atoms with Gasteiger partial charge >= 0.3 is 68.9 Å². The van der Waals surface area contributed by atoms with Gasteiger partial charge in [0.1, 0.15) is 0 Å². The van der Waals surface area contributed by atoms with Crippen molar-refractivity contribution in [3.8, 4) is 11.1 Å². The molecule has 2 aromatic rings. The average molecular weight is 303 g/mol. The van der Waals surface area contributed by atoms with Crippen LogP contribution in [0.3, 0.4) is 0 Å². The van der Waals surface area contributed by atoms with E-state index in [4.69, 9.17) is 5.73 Å². The fourth-order valence-corrected chi connectivity index (χ4v) is 1.31. The molecule has 0 radical (unpaired) electrons. The van der Waals surface area contributed by atoms with E-state index in [0.29, 0.717) is 0 Å². The zero-order valence-electron chi connectivity index (χ0n) is 9.27. The van der Waals surface area contributed by atoms with E-state index in [-0.39, 0.29) is 70.3 Å². The minimum atomic E-state index is 0. The molecule has 0 heterocycles. The van der Waals surface area contributed by atoms with Crippen LogP contribution in [0.2, 0.25) is 0 Å². The van der Waals surface area contributed by atoms with Gasteiger partial charge in [-0.1, -0.05) is 42.5 Å². The molecule has 0 unspecified atom stereocenters. The van der Waals surface area contributed by atoms with E-state index in [1.54, 1.807) is 0 Å². The van der Waals surface area contributed by atoms with Crippen molar-refractivity contribution < 1.29 is 70.3 Å². The second-order valence-electron chi connectivity index (χ2n) is 2.99. The van der Waals surface area contributed by atoms with Crippen molar-refractivity contribution in [1.82, 2.24) is 0 Å². The number of rotatable bonds is 1. The first-order chi connectivity index (χ1) is 6.36. The Morgan fingerprint density at radius 1 is 0.714 bits per heavy atom. The van der Waals surface area contributed by atoms with Gasteiger partial charge in [-0.25, -0.2) is 0 Å². The van der Waals surface area contributed by atoms with Gasteiger partial charge in [-0.15, -0.1) is 0 Å². The molecule has 0 atom stereocenters. The van der Waals surface area contributed by atoms with Crippen LogP contribution in [0.1, 0.15) is 1.43 Å². The van der Waals surface area contributed by atoms with Crippen molar-refractivity contribution in [3.63, 3.8) is 0 Å². The van der Waals surface area contributed by atoms with E-state index in [0.717, 1.165) is 5.69 Å². The first-order valence-electron chi connectivity index (χ1n) is 4.27. The summed E-state index contributed by atoms with van der Waals surface area (Å²) in [6.45, 7) is 0. The first-order valence-corrected chi connectivity index (χ1v) is 4.27. The summed E-state index contributed by atoms with van der Waals surface area (Å²) < 4.78 is 0. The summed E-state index contributed by atoms with van der Waals surface area (Å²) in [5.41, 5.74) is 8.84. The number of nitrogens with two attached hydrogens (primary N) is 1. The Kier molecular flexibility index (Phi) is 5.30. The minimum absolute atomic E-state index is 0. The SMILES string of the molecule is Nc1ccc(-c2ccccc2)cc1.[Cs+].[H-]. The number of benzene rings is 2. The van der Waals surface area contributed by atoms with Gasteiger partial charge in [-0.05, 0) is 23.3 Å². The zero-order chi connectivity index (χ0) is 9.10. The van der Waals surface area contributed by atoms with Crippen LogP contribution in [0.15, 0.2) is 54.6 Å². The van der Waals surface area contributed by atoms with Gasteiger partial charge in [0.2, 0.25) is 0 Å². The topological polar surface area (TPSA) is 26.0 Å². The van der Waals surface area contributed by atoms with Gasteiger partial charge in [0.15, 0.2) is 0 Å². The molecule has 0 fully saturated rings. The summed E-state index contributed by atoms with van der Waals surface area (Å²) in [4.78, 5) is 0. The van der Waals surface area contributed by atoms with Gasteiger partial charge < -0.3 is 7.16 Å². The van der Waals surface area contributed by atoms with Crippen LogP contribution in [-0.2, 0) is 0 Å². The van der Waals surface area contributed by atoms with Crippen molar-refractivity contribution in [2.75, 3.05) is 5.73 Å². The Bertz CT molecular complexity index is 386. The second-order valence-corrected chi connectivity index (χ2v) is 2.99. The molecule has 0 bridgehead atoms. The smallest absolute Gasteiger partial charge is 1.00 e. The van der Waals surface area contributed by atoms with Gasteiger partial charge in [-0.2, -0.15) is 0 Å². The maximum absolute atomic E-state index is 5.60. The molecule has 0 saturated heterocycles. The zero-order valence-corrected chi connectivity index (χ0v) is 14.6. The number of hydrogen-bond donors (Lipinski definition) is 1. The van der Waals surface area contributed by atoms with Gasteiger partial charge in [-0.3, -0.25) is 0 Å². The molecule has 2 N–H and O–H groups in total. The van der Waals surface area contributed by atoms with E-state index in [1.165, 1.54) is 11.1 Å². The minimum Gasteiger partial charge on any atom is -1.00 e. The third-order valence-electron chi connectivity index (χ3n) is 2.02. The molecular formula is C12H12CsN. The van der Waals surface area contributed by atoms with Crippen molar-refractivity contribution >= 4 is 5.69 Å². The van der Waals surface area contributed by atoms with Crippen molar-refractivity contribution in [3.05, 3.63) is 54.6 Å². The summed E-state index contributed by atoms with van der Waals surface area (Å²) in [7, 11) is 0. The normalized spacial score (nSPS) is 9.14. The Labute approximate surface area is 145 Å². The van der Waals surface area contributed by atoms with E-state index >= 15 is 0 Å². The molecule has 1 nitrogen and oxygen atoms in total. The summed E-state index contributed by atoms with van der Waals surface area (Å²) in [5, 5.41) is 0. The molecule has 0 aliphatic carbocycles. The predicted molar refractivity (Wildman–Crippen MR) is 57.4 cm³/mol. The van der Waals surface area contributed by atoms with Crippen LogP contribution >= 0.6 is 0 Å². The van der Waals surface area contributed by atoms with E-state index < -0.39 is 0 Å². The van der Waals surface area contributed by atoms with Crippen LogP contribution < -0.4 is 74.6 Å². The number of nitrogen functional groups attached to an aromatic ring is 1. The van der Waals surface area contributed by atoms with Gasteiger partial charge in [0, 0.05) is 5.69 Å². The van der Waals surface area contributed by atoms with Gasteiger partial charge in [0.05, 0.1) is 0 Å². The maximum Gasteiger partial charge on any atom is 1.00 e. The molecule has 0 spiro atoms. The molecular weight excluding hydrogens is 291 g/mol. The molecule has 0 aliphatic rings. The fourth-order valence-electron chi connectivity index (χ4n) is 1.31. The third-order valence-corrected chi connectivity index (χ3v) is 2.02. The summed E-state index contributed by atoms with van der Waals surface area (Å²) in [5.74, 6) is 0. The molecule has 0 saturated carbocycles. The van der Waals surface area contributed by atoms with Crippen molar-refractivity contribution in [2.45, 2.75) is 0 Å². The van der Waals surface area contributed by atoms with Crippen molar-refractivity contribution in [2.24, 2.45) is 0 Å². The largest absolute Gasteiger partial charge is 1.00 e. The molecule has 0 amide bonds. The molecule has 2 heteroatoms.